The first kappa shape index (κ1) is 8.10. The third-order valence-electron chi connectivity index (χ3n) is 2.26. The molecule has 0 atom stereocenters. The van der Waals surface area contributed by atoms with Gasteiger partial charge in [0.25, 0.3) is 5.56 Å². The van der Waals surface area contributed by atoms with E-state index < -0.39 is 0 Å². The van der Waals surface area contributed by atoms with Crippen LogP contribution < -0.4 is 5.56 Å². The van der Waals surface area contributed by atoms with E-state index in [1.165, 1.54) is 0 Å². The van der Waals surface area contributed by atoms with Crippen LogP contribution in [-0.4, -0.2) is 10.2 Å². The van der Waals surface area contributed by atoms with Crippen LogP contribution in [0.25, 0.3) is 10.9 Å². The van der Waals surface area contributed by atoms with E-state index in [1.807, 2.05) is 18.2 Å². The van der Waals surface area contributed by atoms with Crippen molar-refractivity contribution in [2.24, 2.45) is 0 Å². The lowest BCUT2D eigenvalue weighted by atomic mass is 10.00. The van der Waals surface area contributed by atoms with Crippen molar-refractivity contribution in [1.29, 1.82) is 0 Å². The maximum atomic E-state index is 11.4. The van der Waals surface area contributed by atoms with Gasteiger partial charge in [0.1, 0.15) is 0 Å². The van der Waals surface area contributed by atoms with Gasteiger partial charge < -0.3 is 0 Å². The summed E-state index contributed by atoms with van der Waals surface area (Å²) < 4.78 is 0. The van der Waals surface area contributed by atoms with Crippen LogP contribution in [0.15, 0.2) is 23.0 Å². The largest absolute Gasteiger partial charge is 0.298 e. The Morgan fingerprint density at radius 2 is 2.00 bits per heavy atom. The van der Waals surface area contributed by atoms with Crippen molar-refractivity contribution in [2.75, 3.05) is 0 Å². The molecule has 1 aromatic heterocycles. The van der Waals surface area contributed by atoms with Crippen LogP contribution in [0.5, 0.6) is 0 Å². The Balaban J connectivity index is 2.88. The van der Waals surface area contributed by atoms with Crippen molar-refractivity contribution in [3.63, 3.8) is 0 Å². The maximum Gasteiger partial charge on any atom is 0.272 e. The fraction of sp³-hybridized carbons (Fsp3) is 0.300. The summed E-state index contributed by atoms with van der Waals surface area (Å²) in [5.41, 5.74) is 1.95. The Morgan fingerprint density at radius 3 is 2.69 bits per heavy atom. The van der Waals surface area contributed by atoms with Gasteiger partial charge in [0.2, 0.25) is 0 Å². The Kier molecular flexibility index (Phi) is 1.72. The van der Waals surface area contributed by atoms with Crippen LogP contribution in [0.1, 0.15) is 25.3 Å². The number of hydrogen-bond acceptors (Lipinski definition) is 1. The summed E-state index contributed by atoms with van der Waals surface area (Å²) in [6, 6.07) is 5.86. The number of H-pyrrole nitrogens is 2. The lowest BCUT2D eigenvalue weighted by Gasteiger charge is -2.04. The summed E-state index contributed by atoms with van der Waals surface area (Å²) in [6.45, 7) is 4.17. The highest BCUT2D eigenvalue weighted by Gasteiger charge is 2.08. The van der Waals surface area contributed by atoms with Crippen LogP contribution in [0.4, 0.5) is 0 Å². The predicted octanol–water partition coefficient (Wildman–Crippen LogP) is 1.98. The SMILES string of the molecule is CC(C)c1cccc2[nH][nH]c(=O)c12. The maximum absolute atomic E-state index is 11.4. The molecule has 0 saturated heterocycles. The van der Waals surface area contributed by atoms with Gasteiger partial charge in [-0.05, 0) is 17.5 Å². The second-order valence-electron chi connectivity index (χ2n) is 3.50. The quantitative estimate of drug-likeness (QED) is 0.685. The van der Waals surface area contributed by atoms with E-state index in [4.69, 9.17) is 0 Å². The van der Waals surface area contributed by atoms with Gasteiger partial charge in [-0.2, -0.15) is 0 Å². The first-order valence-electron chi connectivity index (χ1n) is 4.39. The van der Waals surface area contributed by atoms with E-state index in [9.17, 15) is 4.79 Å². The summed E-state index contributed by atoms with van der Waals surface area (Å²) in [5, 5.41) is 6.23. The van der Waals surface area contributed by atoms with Crippen molar-refractivity contribution >= 4 is 10.9 Å². The Bertz CT molecular complexity index is 479. The zero-order valence-electron chi connectivity index (χ0n) is 7.72. The molecule has 2 rings (SSSR count). The molecule has 0 aliphatic carbocycles. The van der Waals surface area contributed by atoms with Gasteiger partial charge >= 0.3 is 0 Å². The lowest BCUT2D eigenvalue weighted by molar-refractivity contribution is 0.875. The fourth-order valence-corrected chi connectivity index (χ4v) is 1.60. The molecule has 3 heteroatoms. The number of benzene rings is 1. The van der Waals surface area contributed by atoms with Crippen molar-refractivity contribution in [1.82, 2.24) is 10.2 Å². The molecule has 1 aromatic carbocycles. The molecule has 0 aliphatic rings. The molecule has 0 bridgehead atoms. The molecule has 0 fully saturated rings. The zero-order chi connectivity index (χ0) is 9.42. The van der Waals surface area contributed by atoms with Gasteiger partial charge in [0, 0.05) is 0 Å². The first-order valence-corrected chi connectivity index (χ1v) is 4.39. The molecule has 1 heterocycles. The molecule has 0 spiro atoms. The molecule has 13 heavy (non-hydrogen) atoms. The highest BCUT2D eigenvalue weighted by molar-refractivity contribution is 5.81. The van der Waals surface area contributed by atoms with Gasteiger partial charge in [-0.25, -0.2) is 0 Å². The minimum atomic E-state index is -0.0284. The van der Waals surface area contributed by atoms with E-state index in [0.29, 0.717) is 5.92 Å². The van der Waals surface area contributed by atoms with Crippen LogP contribution in [0.3, 0.4) is 0 Å². The third kappa shape index (κ3) is 1.16. The third-order valence-corrected chi connectivity index (χ3v) is 2.26. The zero-order valence-corrected chi connectivity index (χ0v) is 7.72. The standard InChI is InChI=1S/C10H12N2O/c1-6(2)7-4-3-5-8-9(7)10(13)12-11-8/h3-6H,1-2H3,(H2,11,12,13). The second kappa shape index (κ2) is 2.76. The van der Waals surface area contributed by atoms with E-state index >= 15 is 0 Å². The Labute approximate surface area is 75.8 Å². The van der Waals surface area contributed by atoms with Gasteiger partial charge in [-0.3, -0.25) is 15.0 Å². The Morgan fingerprint density at radius 1 is 1.23 bits per heavy atom. The summed E-state index contributed by atoms with van der Waals surface area (Å²) in [5.74, 6) is 0.376. The van der Waals surface area contributed by atoms with Gasteiger partial charge in [0.05, 0.1) is 10.9 Å². The summed E-state index contributed by atoms with van der Waals surface area (Å²) >= 11 is 0. The highest BCUT2D eigenvalue weighted by atomic mass is 16.1. The van der Waals surface area contributed by atoms with Crippen LogP contribution in [0.2, 0.25) is 0 Å². The summed E-state index contributed by atoms with van der Waals surface area (Å²) in [7, 11) is 0. The Hall–Kier alpha value is -1.51. The normalized spacial score (nSPS) is 11.3. The number of fused-ring (bicyclic) bond motifs is 1. The number of aromatic nitrogens is 2. The van der Waals surface area contributed by atoms with Crippen LogP contribution >= 0.6 is 0 Å². The van der Waals surface area contributed by atoms with Crippen molar-refractivity contribution in [2.45, 2.75) is 19.8 Å². The van der Waals surface area contributed by atoms with Crippen molar-refractivity contribution in [3.05, 3.63) is 34.1 Å². The van der Waals surface area contributed by atoms with Crippen LogP contribution in [-0.2, 0) is 0 Å². The number of rotatable bonds is 1. The first-order chi connectivity index (χ1) is 6.20. The second-order valence-corrected chi connectivity index (χ2v) is 3.50. The molecule has 0 saturated carbocycles. The monoisotopic (exact) mass is 176 g/mol. The molecule has 0 unspecified atom stereocenters. The molecule has 2 aromatic rings. The van der Waals surface area contributed by atoms with E-state index in [0.717, 1.165) is 16.5 Å². The summed E-state index contributed by atoms with van der Waals surface area (Å²) in [4.78, 5) is 11.4. The molecule has 0 amide bonds. The smallest absolute Gasteiger partial charge is 0.272 e. The number of nitrogens with one attached hydrogen (secondary N) is 2. The minimum absolute atomic E-state index is 0.0284. The molecule has 2 N–H and O–H groups in total. The molecular weight excluding hydrogens is 164 g/mol. The number of aromatic amines is 2. The number of hydrogen-bond donors (Lipinski definition) is 2. The van der Waals surface area contributed by atoms with Gasteiger partial charge in [-0.1, -0.05) is 26.0 Å². The van der Waals surface area contributed by atoms with E-state index in [1.54, 1.807) is 0 Å². The van der Waals surface area contributed by atoms with Gasteiger partial charge in [-0.15, -0.1) is 0 Å². The molecule has 3 nitrogen and oxygen atoms in total. The molecule has 0 radical (unpaired) electrons. The van der Waals surface area contributed by atoms with E-state index in [-0.39, 0.29) is 5.56 Å². The highest BCUT2D eigenvalue weighted by Crippen LogP contribution is 2.20. The fourth-order valence-electron chi connectivity index (χ4n) is 1.60. The molecule has 0 aliphatic heterocycles. The predicted molar refractivity (Wildman–Crippen MR) is 53.0 cm³/mol. The lowest BCUT2D eigenvalue weighted by Crippen LogP contribution is -2.01. The average Bonchev–Trinajstić information content (AvgIpc) is 2.48. The van der Waals surface area contributed by atoms with Crippen molar-refractivity contribution in [3.8, 4) is 0 Å². The minimum Gasteiger partial charge on any atom is -0.298 e. The topological polar surface area (TPSA) is 48.6 Å². The van der Waals surface area contributed by atoms with E-state index in [2.05, 4.69) is 24.0 Å². The van der Waals surface area contributed by atoms with Crippen LogP contribution in [0, 0.1) is 0 Å². The molecular formula is C10H12N2O. The average molecular weight is 176 g/mol. The van der Waals surface area contributed by atoms with Gasteiger partial charge in [0.15, 0.2) is 0 Å². The molecule has 68 valence electrons. The van der Waals surface area contributed by atoms with Crippen molar-refractivity contribution < 1.29 is 0 Å². The summed E-state index contributed by atoms with van der Waals surface area (Å²) in [6.07, 6.45) is 0.